The molecule has 2 fully saturated rings. The van der Waals surface area contributed by atoms with Crippen LogP contribution in [-0.2, 0) is 19.9 Å². The number of hydrogen-bond donors (Lipinski definition) is 1. The molecule has 55 heavy (non-hydrogen) atoms. The van der Waals surface area contributed by atoms with E-state index in [-0.39, 0.29) is 54.8 Å². The molecule has 3 amide bonds. The lowest BCUT2D eigenvalue weighted by Gasteiger charge is -2.37. The number of aliphatic hydroxyl groups is 1. The highest BCUT2D eigenvalue weighted by atomic mass is 28.3. The van der Waals surface area contributed by atoms with Gasteiger partial charge in [-0.05, 0) is 73.0 Å². The van der Waals surface area contributed by atoms with Gasteiger partial charge in [0.25, 0.3) is 11.8 Å². The minimum absolute atomic E-state index is 0.0791. The number of rotatable bonds is 9. The Morgan fingerprint density at radius 3 is 2.45 bits per heavy atom. The summed E-state index contributed by atoms with van der Waals surface area (Å²) in [6, 6.07) is 28.2. The standard InChI is InChI=1S/C44H47N3O7Si/c1-6-23-46-35-22-17-29(47-36-14-8-10-16-38(36)53-37-15-9-7-13-33(37)42(47)50)25-34(35)44(43(46)51)28(2)41(55(4,5)32-20-18-31(52-3)19-21-32)39(54-44)26-40(49)45-24-11-12-30(45)27-48/h6-10,13-22,25,28,30,39,41,48H,1,11-12,23-24,26-27H2,2-5H3/t28-,30+,39+,41-,44+/m1/s1. The molecule has 0 aliphatic carbocycles. The molecule has 1 N–H and O–H groups in total. The maximum absolute atomic E-state index is 15.2. The van der Waals surface area contributed by atoms with Crippen LogP contribution in [-0.4, -0.2) is 74.8 Å². The predicted molar refractivity (Wildman–Crippen MR) is 214 cm³/mol. The lowest BCUT2D eigenvalue weighted by Crippen LogP contribution is -2.52. The van der Waals surface area contributed by atoms with Crippen LogP contribution < -0.4 is 24.5 Å². The first kappa shape index (κ1) is 36.7. The fourth-order valence-corrected chi connectivity index (χ4v) is 13.7. The summed E-state index contributed by atoms with van der Waals surface area (Å²) in [5.74, 6) is 0.819. The number of amides is 3. The molecule has 4 aromatic rings. The maximum atomic E-state index is 15.2. The third-order valence-electron chi connectivity index (χ3n) is 12.3. The van der Waals surface area contributed by atoms with E-state index in [2.05, 4.69) is 38.7 Å². The molecule has 0 saturated carbocycles. The molecule has 4 aliphatic rings. The first-order valence-electron chi connectivity index (χ1n) is 19.1. The summed E-state index contributed by atoms with van der Waals surface area (Å²) in [5.41, 5.74) is 1.26. The molecule has 0 aromatic heterocycles. The van der Waals surface area contributed by atoms with Gasteiger partial charge in [-0.15, -0.1) is 6.58 Å². The van der Waals surface area contributed by atoms with Gasteiger partial charge in [0.05, 0.1) is 57.3 Å². The van der Waals surface area contributed by atoms with Crippen LogP contribution in [0.3, 0.4) is 0 Å². The van der Waals surface area contributed by atoms with Crippen molar-refractivity contribution in [3.8, 4) is 17.2 Å². The van der Waals surface area contributed by atoms with Crippen molar-refractivity contribution < 1.29 is 33.7 Å². The Morgan fingerprint density at radius 1 is 1.00 bits per heavy atom. The number of carbonyl (C=O) groups excluding carboxylic acids is 3. The number of hydrogen-bond acceptors (Lipinski definition) is 7. The zero-order valence-electron chi connectivity index (χ0n) is 31.7. The summed E-state index contributed by atoms with van der Waals surface area (Å²) >= 11 is 0. The van der Waals surface area contributed by atoms with E-state index in [0.717, 1.165) is 23.8 Å². The van der Waals surface area contributed by atoms with Crippen LogP contribution in [0.15, 0.2) is 104 Å². The van der Waals surface area contributed by atoms with Crippen molar-refractivity contribution in [2.75, 3.05) is 36.6 Å². The number of benzene rings is 4. The fraction of sp³-hybridized carbons (Fsp3) is 0.341. The molecule has 8 rings (SSSR count). The van der Waals surface area contributed by atoms with Gasteiger partial charge in [0, 0.05) is 30.3 Å². The van der Waals surface area contributed by atoms with Crippen LogP contribution in [0.4, 0.5) is 17.1 Å². The molecule has 4 aromatic carbocycles. The average Bonchev–Trinajstić information content (AvgIpc) is 3.83. The molecular formula is C44H47N3O7Si. The highest BCUT2D eigenvalue weighted by Gasteiger charge is 2.66. The fourth-order valence-electron chi connectivity index (χ4n) is 9.66. The lowest BCUT2D eigenvalue weighted by molar-refractivity contribution is -0.149. The van der Waals surface area contributed by atoms with Crippen LogP contribution in [0.2, 0.25) is 18.6 Å². The molecule has 1 spiro atoms. The van der Waals surface area contributed by atoms with E-state index >= 15 is 4.79 Å². The third-order valence-corrected chi connectivity index (χ3v) is 16.7. The van der Waals surface area contributed by atoms with Gasteiger partial charge in [-0.2, -0.15) is 0 Å². The van der Waals surface area contributed by atoms with Gasteiger partial charge in [0.15, 0.2) is 11.4 Å². The second-order valence-electron chi connectivity index (χ2n) is 15.5. The van der Waals surface area contributed by atoms with Crippen molar-refractivity contribution in [3.05, 3.63) is 115 Å². The highest BCUT2D eigenvalue weighted by molar-refractivity contribution is 6.91. The number of anilines is 3. The molecule has 0 unspecified atom stereocenters. The van der Waals surface area contributed by atoms with Crippen LogP contribution in [0, 0.1) is 5.92 Å². The van der Waals surface area contributed by atoms with Crippen molar-refractivity contribution in [2.45, 2.75) is 62.6 Å². The zero-order valence-corrected chi connectivity index (χ0v) is 32.7. The maximum Gasteiger partial charge on any atom is 0.266 e. The molecule has 0 bridgehead atoms. The molecule has 284 valence electrons. The van der Waals surface area contributed by atoms with Crippen LogP contribution >= 0.6 is 0 Å². The van der Waals surface area contributed by atoms with Crippen LogP contribution in [0.25, 0.3) is 0 Å². The van der Waals surface area contributed by atoms with Crippen LogP contribution in [0.1, 0.15) is 42.1 Å². The van der Waals surface area contributed by atoms with E-state index in [1.165, 1.54) is 0 Å². The summed E-state index contributed by atoms with van der Waals surface area (Å²) in [5, 5.41) is 11.3. The van der Waals surface area contributed by atoms with Gasteiger partial charge in [-0.25, -0.2) is 0 Å². The first-order chi connectivity index (χ1) is 26.5. The third kappa shape index (κ3) is 5.79. The van der Waals surface area contributed by atoms with Crippen molar-refractivity contribution in [1.82, 2.24) is 4.90 Å². The second kappa shape index (κ2) is 14.1. The largest absolute Gasteiger partial charge is 0.497 e. The molecular weight excluding hydrogens is 711 g/mol. The Hall–Kier alpha value is -5.23. The number of methoxy groups -OCH3 is 1. The van der Waals surface area contributed by atoms with Gasteiger partial charge < -0.3 is 29.1 Å². The van der Waals surface area contributed by atoms with Crippen molar-refractivity contribution >= 4 is 48.0 Å². The van der Waals surface area contributed by atoms with Gasteiger partial charge in [0.1, 0.15) is 11.5 Å². The Balaban J connectivity index is 1.28. The Labute approximate surface area is 322 Å². The lowest BCUT2D eigenvalue weighted by atomic mass is 9.82. The molecule has 5 atom stereocenters. The Kier molecular flexibility index (Phi) is 9.43. The van der Waals surface area contributed by atoms with E-state index in [1.54, 1.807) is 40.0 Å². The van der Waals surface area contributed by atoms with Gasteiger partial charge in [-0.3, -0.25) is 19.3 Å². The van der Waals surface area contributed by atoms with Gasteiger partial charge >= 0.3 is 0 Å². The van der Waals surface area contributed by atoms with E-state index in [9.17, 15) is 14.7 Å². The van der Waals surface area contributed by atoms with Gasteiger partial charge in [0.2, 0.25) is 5.91 Å². The second-order valence-corrected chi connectivity index (χ2v) is 20.2. The van der Waals surface area contributed by atoms with Crippen molar-refractivity contribution in [3.63, 3.8) is 0 Å². The zero-order chi connectivity index (χ0) is 38.6. The summed E-state index contributed by atoms with van der Waals surface area (Å²) in [6.07, 6.45) is 2.76. The van der Waals surface area contributed by atoms with E-state index in [0.29, 0.717) is 46.2 Å². The normalized spacial score (nSPS) is 24.3. The number of carbonyl (C=O) groups is 3. The topological polar surface area (TPSA) is 109 Å². The summed E-state index contributed by atoms with van der Waals surface area (Å²) < 4.78 is 19.1. The number of fused-ring (bicyclic) bond motifs is 4. The number of para-hydroxylation sites is 3. The highest BCUT2D eigenvalue weighted by Crippen LogP contribution is 2.61. The Morgan fingerprint density at radius 2 is 1.73 bits per heavy atom. The van der Waals surface area contributed by atoms with E-state index < -0.39 is 19.8 Å². The number of aliphatic hydroxyl groups excluding tert-OH is 1. The summed E-state index contributed by atoms with van der Waals surface area (Å²) in [6.45, 7) is 11.4. The molecule has 0 radical (unpaired) electrons. The first-order valence-corrected chi connectivity index (χ1v) is 22.1. The van der Waals surface area contributed by atoms with Crippen LogP contribution in [0.5, 0.6) is 17.2 Å². The average molecular weight is 758 g/mol. The SMILES string of the molecule is C=CCN1C(=O)[C@@]2(O[C@@H](CC(=O)N3CCC[C@H]3CO)[C@H]([Si](C)(C)c3ccc(OC)cc3)[C@H]2C)c2cc(N3C(=O)c4ccccc4Oc4ccccc43)ccc21. The number of nitrogens with zero attached hydrogens (tertiary/aromatic N) is 3. The number of likely N-dealkylation sites (tertiary alicyclic amines) is 1. The number of ether oxygens (including phenoxy) is 3. The molecule has 4 heterocycles. The van der Waals surface area contributed by atoms with E-state index in [4.69, 9.17) is 14.2 Å². The minimum atomic E-state index is -2.55. The monoisotopic (exact) mass is 757 g/mol. The smallest absolute Gasteiger partial charge is 0.266 e. The van der Waals surface area contributed by atoms with Crippen molar-refractivity contribution in [2.24, 2.45) is 5.92 Å². The minimum Gasteiger partial charge on any atom is -0.497 e. The van der Waals surface area contributed by atoms with Gasteiger partial charge in [-0.1, -0.05) is 67.7 Å². The van der Waals surface area contributed by atoms with E-state index in [1.807, 2.05) is 66.7 Å². The predicted octanol–water partition coefficient (Wildman–Crippen LogP) is 6.90. The quantitative estimate of drug-likeness (QED) is 0.146. The molecule has 10 nitrogen and oxygen atoms in total. The molecule has 4 aliphatic heterocycles. The molecule has 2 saturated heterocycles. The Bertz CT molecular complexity index is 2170. The summed E-state index contributed by atoms with van der Waals surface area (Å²) in [7, 11) is -0.905. The van der Waals surface area contributed by atoms with Crippen molar-refractivity contribution in [1.29, 1.82) is 0 Å². The summed E-state index contributed by atoms with van der Waals surface area (Å²) in [4.78, 5) is 49.0. The molecule has 11 heteroatoms.